The molecule has 2 aliphatic carbocycles. The largest absolute Gasteiger partial charge is 0.480 e. The molecule has 0 saturated heterocycles. The van der Waals surface area contributed by atoms with Gasteiger partial charge in [-0.1, -0.05) is 48.5 Å². The average molecular weight is 438 g/mol. The Morgan fingerprint density at radius 3 is 2.22 bits per heavy atom. The van der Waals surface area contributed by atoms with Crippen molar-refractivity contribution < 1.29 is 29.3 Å². The zero-order chi connectivity index (χ0) is 22.8. The third-order valence-electron chi connectivity index (χ3n) is 6.16. The van der Waals surface area contributed by atoms with Crippen molar-refractivity contribution in [2.45, 2.75) is 31.4 Å². The minimum absolute atomic E-state index is 0.0268. The Morgan fingerprint density at radius 1 is 1.06 bits per heavy atom. The second-order valence-electron chi connectivity index (χ2n) is 8.37. The lowest BCUT2D eigenvalue weighted by Gasteiger charge is -2.17. The highest BCUT2D eigenvalue weighted by atomic mass is 16.5. The maximum Gasteiger partial charge on any atom is 0.407 e. The molecule has 0 radical (unpaired) electrons. The van der Waals surface area contributed by atoms with Gasteiger partial charge in [0.25, 0.3) is 0 Å². The minimum atomic E-state index is -1.35. The zero-order valence-electron chi connectivity index (χ0n) is 17.7. The molecular formula is C24H26N2O6. The van der Waals surface area contributed by atoms with Gasteiger partial charge in [0.05, 0.1) is 6.10 Å². The first-order valence-electron chi connectivity index (χ1n) is 10.7. The van der Waals surface area contributed by atoms with Crippen molar-refractivity contribution in [3.8, 4) is 11.1 Å². The maximum atomic E-state index is 12.2. The Hall–Kier alpha value is -3.39. The fourth-order valence-corrected chi connectivity index (χ4v) is 4.31. The van der Waals surface area contributed by atoms with Gasteiger partial charge >= 0.3 is 12.1 Å². The summed E-state index contributed by atoms with van der Waals surface area (Å²) in [4.78, 5) is 35.5. The molecule has 1 saturated carbocycles. The van der Waals surface area contributed by atoms with Crippen LogP contribution in [-0.4, -0.2) is 53.5 Å². The molecule has 2 aliphatic rings. The normalized spacial score (nSPS) is 20.4. The van der Waals surface area contributed by atoms with Crippen LogP contribution in [0.15, 0.2) is 48.5 Å². The van der Waals surface area contributed by atoms with Crippen molar-refractivity contribution in [1.82, 2.24) is 10.6 Å². The number of fused-ring (bicyclic) bond motifs is 3. The first-order valence-corrected chi connectivity index (χ1v) is 10.7. The van der Waals surface area contributed by atoms with Crippen LogP contribution < -0.4 is 10.6 Å². The van der Waals surface area contributed by atoms with E-state index in [-0.39, 0.29) is 30.9 Å². The molecule has 2 amide bonds. The summed E-state index contributed by atoms with van der Waals surface area (Å²) in [5.41, 5.74) is 4.57. The van der Waals surface area contributed by atoms with E-state index in [0.29, 0.717) is 6.42 Å². The molecule has 0 spiro atoms. The van der Waals surface area contributed by atoms with E-state index < -0.39 is 30.1 Å². The molecule has 4 rings (SSSR count). The number of amides is 2. The number of rotatable bonds is 8. The second kappa shape index (κ2) is 9.00. The quantitative estimate of drug-likeness (QED) is 0.500. The number of aliphatic hydroxyl groups excluding tert-OH is 1. The monoisotopic (exact) mass is 438 g/mol. The highest BCUT2D eigenvalue weighted by Crippen LogP contribution is 2.44. The number of carboxylic acid groups (broad SMARTS) is 1. The molecule has 1 fully saturated rings. The fourth-order valence-electron chi connectivity index (χ4n) is 4.31. The molecule has 0 heterocycles. The number of aliphatic hydroxyl groups is 1. The van der Waals surface area contributed by atoms with Crippen molar-refractivity contribution in [3.63, 3.8) is 0 Å². The van der Waals surface area contributed by atoms with Crippen LogP contribution in [0.1, 0.15) is 30.4 Å². The lowest BCUT2D eigenvalue weighted by Crippen LogP contribution is -2.48. The van der Waals surface area contributed by atoms with Crippen LogP contribution in [0.5, 0.6) is 0 Å². The van der Waals surface area contributed by atoms with Crippen molar-refractivity contribution in [3.05, 3.63) is 59.7 Å². The topological polar surface area (TPSA) is 125 Å². The van der Waals surface area contributed by atoms with Gasteiger partial charge in [0, 0.05) is 18.4 Å². The van der Waals surface area contributed by atoms with E-state index in [9.17, 15) is 19.5 Å². The number of benzene rings is 2. The summed E-state index contributed by atoms with van der Waals surface area (Å²) in [5.74, 6) is -2.22. The highest BCUT2D eigenvalue weighted by molar-refractivity contribution is 5.87. The molecule has 32 heavy (non-hydrogen) atoms. The number of carbonyl (C=O) groups excluding carboxylic acids is 2. The van der Waals surface area contributed by atoms with Crippen molar-refractivity contribution >= 4 is 18.0 Å². The summed E-state index contributed by atoms with van der Waals surface area (Å²) in [7, 11) is 0. The minimum Gasteiger partial charge on any atom is -0.480 e. The predicted octanol–water partition coefficient (Wildman–Crippen LogP) is 2.11. The highest BCUT2D eigenvalue weighted by Gasteiger charge is 2.44. The molecule has 0 aliphatic heterocycles. The standard InChI is InChI=1S/C24H26N2O6/c1-13(27)21(23(29)30)26-22(28)19-10-14(19)11-25-24(31)32-12-20-17-8-4-2-6-15(17)16-7-3-5-9-18(16)20/h2-9,13-14,19-21,27H,10-12H2,1H3,(H,25,31)(H,26,28)(H,29,30)/t13-,14-,19-,21+/m1/s1. The third kappa shape index (κ3) is 4.45. The van der Waals surface area contributed by atoms with E-state index >= 15 is 0 Å². The van der Waals surface area contributed by atoms with Crippen LogP contribution in [0.3, 0.4) is 0 Å². The second-order valence-corrected chi connectivity index (χ2v) is 8.37. The Bertz CT molecular complexity index is 991. The zero-order valence-corrected chi connectivity index (χ0v) is 17.7. The summed E-state index contributed by atoms with van der Waals surface area (Å²) in [6.07, 6.45) is -1.21. The van der Waals surface area contributed by atoms with Gasteiger partial charge in [-0.3, -0.25) is 4.79 Å². The third-order valence-corrected chi connectivity index (χ3v) is 6.16. The van der Waals surface area contributed by atoms with Gasteiger partial charge in [-0.2, -0.15) is 0 Å². The number of aliphatic carboxylic acids is 1. The van der Waals surface area contributed by atoms with Crippen LogP contribution in [0.25, 0.3) is 11.1 Å². The lowest BCUT2D eigenvalue weighted by molar-refractivity contribution is -0.145. The molecule has 2 aromatic carbocycles. The summed E-state index contributed by atoms with van der Waals surface area (Å²) in [6, 6.07) is 14.8. The van der Waals surface area contributed by atoms with E-state index in [4.69, 9.17) is 9.84 Å². The van der Waals surface area contributed by atoms with Gasteiger partial charge in [0.15, 0.2) is 6.04 Å². The maximum absolute atomic E-state index is 12.2. The molecule has 0 aromatic heterocycles. The Kier molecular flexibility index (Phi) is 6.14. The Labute approximate surface area is 185 Å². The van der Waals surface area contributed by atoms with E-state index in [1.54, 1.807) is 0 Å². The van der Waals surface area contributed by atoms with Crippen LogP contribution >= 0.6 is 0 Å². The number of carboxylic acids is 1. The van der Waals surface area contributed by atoms with Gasteiger partial charge in [0.2, 0.25) is 5.91 Å². The smallest absolute Gasteiger partial charge is 0.407 e. The molecule has 8 nitrogen and oxygen atoms in total. The summed E-state index contributed by atoms with van der Waals surface area (Å²) in [6.45, 7) is 1.78. The molecule has 168 valence electrons. The number of hydrogen-bond acceptors (Lipinski definition) is 5. The predicted molar refractivity (Wildman–Crippen MR) is 116 cm³/mol. The first-order chi connectivity index (χ1) is 15.4. The number of hydrogen-bond donors (Lipinski definition) is 4. The average Bonchev–Trinajstić information content (AvgIpc) is 3.49. The van der Waals surface area contributed by atoms with Crippen LogP contribution in [0, 0.1) is 11.8 Å². The molecular weight excluding hydrogens is 412 g/mol. The molecule has 0 bridgehead atoms. The van der Waals surface area contributed by atoms with Gasteiger partial charge in [-0.05, 0) is 41.5 Å². The van der Waals surface area contributed by atoms with Gasteiger partial charge in [-0.25, -0.2) is 9.59 Å². The molecule has 0 unspecified atom stereocenters. The van der Waals surface area contributed by atoms with Crippen LogP contribution in [0.2, 0.25) is 0 Å². The Morgan fingerprint density at radius 2 is 1.66 bits per heavy atom. The molecule has 8 heteroatoms. The van der Waals surface area contributed by atoms with Crippen LogP contribution in [0.4, 0.5) is 4.79 Å². The lowest BCUT2D eigenvalue weighted by atomic mass is 9.98. The van der Waals surface area contributed by atoms with E-state index in [1.807, 2.05) is 36.4 Å². The summed E-state index contributed by atoms with van der Waals surface area (Å²) in [5, 5.41) is 23.6. The molecule has 2 aromatic rings. The fraction of sp³-hybridized carbons (Fsp3) is 0.375. The van der Waals surface area contributed by atoms with E-state index in [2.05, 4.69) is 22.8 Å². The van der Waals surface area contributed by atoms with Gasteiger partial charge in [0.1, 0.15) is 6.61 Å². The van der Waals surface area contributed by atoms with Gasteiger partial charge in [-0.15, -0.1) is 0 Å². The number of ether oxygens (including phenoxy) is 1. The summed E-state index contributed by atoms with van der Waals surface area (Å²) < 4.78 is 5.48. The van der Waals surface area contributed by atoms with E-state index in [0.717, 1.165) is 22.3 Å². The van der Waals surface area contributed by atoms with Crippen molar-refractivity contribution in [2.24, 2.45) is 11.8 Å². The van der Waals surface area contributed by atoms with Crippen molar-refractivity contribution in [2.75, 3.05) is 13.2 Å². The molecule has 4 N–H and O–H groups in total. The van der Waals surface area contributed by atoms with Crippen molar-refractivity contribution in [1.29, 1.82) is 0 Å². The number of nitrogens with one attached hydrogen (secondary N) is 2. The molecule has 4 atom stereocenters. The number of carbonyl (C=O) groups is 3. The van der Waals surface area contributed by atoms with E-state index in [1.165, 1.54) is 6.92 Å². The summed E-state index contributed by atoms with van der Waals surface area (Å²) >= 11 is 0. The van der Waals surface area contributed by atoms with Crippen LogP contribution in [-0.2, 0) is 14.3 Å². The Balaban J connectivity index is 1.26. The SMILES string of the molecule is C[C@@H](O)[C@H](NC(=O)[C@@H]1C[C@@H]1CNC(=O)OCC1c2ccccc2-c2ccccc21)C(=O)O. The van der Waals surface area contributed by atoms with Gasteiger partial charge < -0.3 is 25.6 Å². The number of alkyl carbamates (subject to hydrolysis) is 1. The first kappa shape index (κ1) is 21.8.